The highest BCUT2D eigenvalue weighted by molar-refractivity contribution is 6.11. The molecule has 0 fully saturated rings. The Morgan fingerprint density at radius 2 is 1.94 bits per heavy atom. The van der Waals surface area contributed by atoms with E-state index in [1.54, 1.807) is 11.1 Å². The number of aliphatic imine (C=N–C) groups is 2. The summed E-state index contributed by atoms with van der Waals surface area (Å²) in [6.45, 7) is 8.97. The van der Waals surface area contributed by atoms with E-state index in [2.05, 4.69) is 106 Å². The van der Waals surface area contributed by atoms with Gasteiger partial charge in [-0.1, -0.05) is 97.7 Å². The summed E-state index contributed by atoms with van der Waals surface area (Å²) in [6.07, 6.45) is 44.2. The fourth-order valence-electron chi connectivity index (χ4n) is 10.2. The third-order valence-electron chi connectivity index (χ3n) is 13.1. The van der Waals surface area contributed by atoms with Gasteiger partial charge in [-0.05, 0) is 138 Å². The summed E-state index contributed by atoms with van der Waals surface area (Å²) in [6, 6.07) is 0.889. The van der Waals surface area contributed by atoms with Crippen molar-refractivity contribution in [2.45, 2.75) is 136 Å². The van der Waals surface area contributed by atoms with Gasteiger partial charge in [0, 0.05) is 35.8 Å². The van der Waals surface area contributed by atoms with Gasteiger partial charge in [0.2, 0.25) is 0 Å². The second-order valence-corrected chi connectivity index (χ2v) is 16.3. The van der Waals surface area contributed by atoms with Crippen molar-refractivity contribution in [2.75, 3.05) is 0 Å². The zero-order valence-corrected chi connectivity index (χ0v) is 31.8. The van der Waals surface area contributed by atoms with E-state index < -0.39 is 0 Å². The SMILES string of the molecule is CC/C=C\[C@@H](CC1C=CC[C@@H](C2=CC(C3=NC4C5=C(CCC=N5)C(C5C=CC=CC5)CC4C=C3)CCC2)N1)/C(C)=C1/CCC(CCC)=C(C)C1=N. The molecule has 4 aliphatic carbocycles. The minimum Gasteiger partial charge on any atom is -0.304 e. The molecule has 0 bridgehead atoms. The van der Waals surface area contributed by atoms with Gasteiger partial charge in [0.1, 0.15) is 0 Å². The van der Waals surface area contributed by atoms with Crippen molar-refractivity contribution in [1.29, 1.82) is 5.41 Å². The molecule has 0 aromatic rings. The Bertz CT molecular complexity index is 1680. The Labute approximate surface area is 308 Å². The van der Waals surface area contributed by atoms with Crippen LogP contribution in [0.1, 0.15) is 118 Å². The monoisotopic (exact) mass is 682 g/mol. The molecule has 270 valence electrons. The molecule has 51 heavy (non-hydrogen) atoms. The maximum Gasteiger partial charge on any atom is 0.0985 e. The van der Waals surface area contributed by atoms with Gasteiger partial charge < -0.3 is 10.7 Å². The molecule has 0 saturated carbocycles. The van der Waals surface area contributed by atoms with Crippen molar-refractivity contribution in [3.63, 3.8) is 0 Å². The summed E-state index contributed by atoms with van der Waals surface area (Å²) in [5, 5.41) is 13.2. The Balaban J connectivity index is 1.06. The zero-order valence-electron chi connectivity index (χ0n) is 31.8. The molecule has 0 aromatic carbocycles. The van der Waals surface area contributed by atoms with Crippen LogP contribution in [0.4, 0.5) is 0 Å². The lowest BCUT2D eigenvalue weighted by Gasteiger charge is -2.41. The molecule has 0 spiro atoms. The van der Waals surface area contributed by atoms with Gasteiger partial charge in [-0.2, -0.15) is 0 Å². The minimum absolute atomic E-state index is 0.184. The van der Waals surface area contributed by atoms with Gasteiger partial charge in [-0.3, -0.25) is 9.98 Å². The van der Waals surface area contributed by atoms with Crippen molar-refractivity contribution in [3.05, 3.63) is 106 Å². The lowest BCUT2D eigenvalue weighted by molar-refractivity contribution is 0.316. The smallest absolute Gasteiger partial charge is 0.0985 e. The maximum atomic E-state index is 9.09. The van der Waals surface area contributed by atoms with E-state index in [9.17, 15) is 0 Å². The number of nitrogens with one attached hydrogen (secondary N) is 2. The highest BCUT2D eigenvalue weighted by atomic mass is 15.0. The summed E-state index contributed by atoms with van der Waals surface area (Å²) in [4.78, 5) is 10.6. The molecule has 0 aromatic heterocycles. The number of allylic oxidation sites excluding steroid dienone is 13. The summed E-state index contributed by atoms with van der Waals surface area (Å²) in [7, 11) is 0. The van der Waals surface area contributed by atoms with Crippen LogP contribution in [0.25, 0.3) is 0 Å². The third kappa shape index (κ3) is 7.87. The molecule has 7 rings (SSSR count). The number of nitrogens with zero attached hydrogens (tertiary/aromatic N) is 2. The minimum atomic E-state index is 0.184. The number of hydrogen-bond donors (Lipinski definition) is 2. The van der Waals surface area contributed by atoms with Gasteiger partial charge in [-0.25, -0.2) is 0 Å². The largest absolute Gasteiger partial charge is 0.304 e. The van der Waals surface area contributed by atoms with E-state index in [4.69, 9.17) is 15.4 Å². The molecule has 2 N–H and O–H groups in total. The first-order valence-electron chi connectivity index (χ1n) is 20.6. The van der Waals surface area contributed by atoms with Gasteiger partial charge in [0.15, 0.2) is 0 Å². The Kier molecular flexibility index (Phi) is 11.7. The summed E-state index contributed by atoms with van der Waals surface area (Å²) < 4.78 is 0. The second-order valence-electron chi connectivity index (χ2n) is 16.3. The molecular formula is C47H62N4. The molecule has 0 radical (unpaired) electrons. The van der Waals surface area contributed by atoms with E-state index in [-0.39, 0.29) is 6.04 Å². The molecule has 0 saturated heterocycles. The molecule has 7 aliphatic rings. The van der Waals surface area contributed by atoms with Gasteiger partial charge >= 0.3 is 0 Å². The van der Waals surface area contributed by atoms with Crippen molar-refractivity contribution in [1.82, 2.24) is 5.32 Å². The number of fused-ring (bicyclic) bond motifs is 2. The molecule has 6 unspecified atom stereocenters. The van der Waals surface area contributed by atoms with Crippen LogP contribution in [0.3, 0.4) is 0 Å². The predicted molar refractivity (Wildman–Crippen MR) is 218 cm³/mol. The van der Waals surface area contributed by atoms with Crippen LogP contribution in [0.15, 0.2) is 116 Å². The lowest BCUT2D eigenvalue weighted by atomic mass is 9.67. The van der Waals surface area contributed by atoms with Crippen molar-refractivity contribution in [3.8, 4) is 0 Å². The third-order valence-corrected chi connectivity index (χ3v) is 13.1. The summed E-state index contributed by atoms with van der Waals surface area (Å²) in [5.41, 5.74) is 11.9. The summed E-state index contributed by atoms with van der Waals surface area (Å²) in [5.74, 6) is 2.36. The number of rotatable bonds is 10. The van der Waals surface area contributed by atoms with Crippen molar-refractivity contribution >= 4 is 17.6 Å². The fraction of sp³-hybridized carbons (Fsp3) is 0.553. The number of hydrogen-bond acceptors (Lipinski definition) is 4. The average Bonchev–Trinajstić information content (AvgIpc) is 3.18. The zero-order chi connectivity index (χ0) is 35.3. The standard InChI is InChI=1S/C47H62N4/c1-5-7-15-35(31(3)40-25-23-33(14-6-2)32(4)45(40)48)29-39-20-12-22-43(50-39)36-18-11-19-37(28-36)44-26-24-38-30-42(34-16-9-8-10-17-34)41-21-13-27-49-47(41)46(38)51-44/h7-10,12,15-16,20,24,26-28,34-35,37-39,42-43,46,48,50H,5-6,11,13-14,17-19,21-23,25,29-30H2,1-4H3/b15-7-,40-31-,48-45?/t34?,35-,37?,38?,39?,42?,43-,46?/m0/s1. The van der Waals surface area contributed by atoms with E-state index in [0.717, 1.165) is 69.9 Å². The first kappa shape index (κ1) is 36.0. The van der Waals surface area contributed by atoms with Crippen LogP contribution in [0, 0.1) is 35.0 Å². The first-order valence-corrected chi connectivity index (χ1v) is 20.6. The number of dihydropyridines is 1. The molecule has 4 nitrogen and oxygen atoms in total. The lowest BCUT2D eigenvalue weighted by Crippen LogP contribution is -2.42. The maximum absolute atomic E-state index is 9.09. The van der Waals surface area contributed by atoms with Crippen LogP contribution in [0.2, 0.25) is 0 Å². The molecule has 4 heteroatoms. The van der Waals surface area contributed by atoms with Crippen LogP contribution in [0.5, 0.6) is 0 Å². The van der Waals surface area contributed by atoms with Crippen molar-refractivity contribution in [2.24, 2.45) is 39.6 Å². The average molecular weight is 683 g/mol. The van der Waals surface area contributed by atoms with E-state index in [0.29, 0.717) is 41.7 Å². The first-order chi connectivity index (χ1) is 24.9. The molecule has 0 amide bonds. The van der Waals surface area contributed by atoms with Crippen LogP contribution in [-0.4, -0.2) is 35.8 Å². The molecule has 3 heterocycles. The van der Waals surface area contributed by atoms with E-state index in [1.807, 2.05) is 0 Å². The van der Waals surface area contributed by atoms with Crippen molar-refractivity contribution < 1.29 is 0 Å². The highest BCUT2D eigenvalue weighted by Gasteiger charge is 2.41. The van der Waals surface area contributed by atoms with Crippen LogP contribution < -0.4 is 5.32 Å². The molecular weight excluding hydrogens is 621 g/mol. The van der Waals surface area contributed by atoms with E-state index >= 15 is 0 Å². The second kappa shape index (κ2) is 16.5. The van der Waals surface area contributed by atoms with Gasteiger partial charge in [0.25, 0.3) is 0 Å². The predicted octanol–water partition coefficient (Wildman–Crippen LogP) is 11.5. The molecule has 8 atom stereocenters. The molecule has 3 aliphatic heterocycles. The van der Waals surface area contributed by atoms with Crippen LogP contribution >= 0.6 is 0 Å². The quantitative estimate of drug-likeness (QED) is 0.221. The Morgan fingerprint density at radius 3 is 2.76 bits per heavy atom. The summed E-state index contributed by atoms with van der Waals surface area (Å²) >= 11 is 0. The van der Waals surface area contributed by atoms with E-state index in [1.165, 1.54) is 59.4 Å². The fourth-order valence-corrected chi connectivity index (χ4v) is 10.2. The van der Waals surface area contributed by atoms with Crippen LogP contribution in [-0.2, 0) is 0 Å². The Morgan fingerprint density at radius 1 is 1.04 bits per heavy atom. The topological polar surface area (TPSA) is 60.6 Å². The van der Waals surface area contributed by atoms with Gasteiger partial charge in [0.05, 0.1) is 17.5 Å². The van der Waals surface area contributed by atoms with Gasteiger partial charge in [-0.15, -0.1) is 0 Å². The highest BCUT2D eigenvalue weighted by Crippen LogP contribution is 2.47. The normalized spacial score (nSPS) is 33.7. The Hall–Kier alpha value is -3.37.